The first-order chi connectivity index (χ1) is 8.66. The van der Waals surface area contributed by atoms with Crippen LogP contribution in [0.2, 0.25) is 0 Å². The van der Waals surface area contributed by atoms with E-state index in [0.717, 1.165) is 32.5 Å². The Hall–Kier alpha value is -0.900. The van der Waals surface area contributed by atoms with E-state index in [4.69, 9.17) is 15.2 Å². The molecule has 1 heterocycles. The van der Waals surface area contributed by atoms with E-state index in [9.17, 15) is 0 Å². The highest BCUT2D eigenvalue weighted by Gasteiger charge is 2.38. The van der Waals surface area contributed by atoms with Gasteiger partial charge in [0.1, 0.15) is 0 Å². The van der Waals surface area contributed by atoms with Crippen molar-refractivity contribution in [2.24, 2.45) is 5.73 Å². The van der Waals surface area contributed by atoms with Gasteiger partial charge < -0.3 is 15.2 Å². The van der Waals surface area contributed by atoms with Crippen molar-refractivity contribution in [2.45, 2.75) is 37.8 Å². The second kappa shape index (κ2) is 5.83. The van der Waals surface area contributed by atoms with Crippen LogP contribution in [0.1, 0.15) is 24.0 Å². The number of benzene rings is 1. The second-order valence-corrected chi connectivity index (χ2v) is 5.18. The number of hydrogen-bond acceptors (Lipinski definition) is 3. The summed E-state index contributed by atoms with van der Waals surface area (Å²) in [4.78, 5) is 0. The fraction of sp³-hybridized carbons (Fsp3) is 0.600. The minimum Gasteiger partial charge on any atom is -0.381 e. The molecular weight excluding hydrogens is 226 g/mol. The molecule has 1 fully saturated rings. The second-order valence-electron chi connectivity index (χ2n) is 5.18. The molecule has 2 N–H and O–H groups in total. The van der Waals surface area contributed by atoms with Crippen molar-refractivity contribution in [3.63, 3.8) is 0 Å². The molecule has 1 unspecified atom stereocenters. The molecule has 18 heavy (non-hydrogen) atoms. The largest absolute Gasteiger partial charge is 0.381 e. The molecule has 3 heteroatoms. The lowest BCUT2D eigenvalue weighted by molar-refractivity contribution is -0.103. The highest BCUT2D eigenvalue weighted by Crippen LogP contribution is 2.29. The Kier molecular flexibility index (Phi) is 4.38. The van der Waals surface area contributed by atoms with Crippen molar-refractivity contribution in [1.29, 1.82) is 0 Å². The van der Waals surface area contributed by atoms with Gasteiger partial charge in [-0.1, -0.05) is 29.8 Å². The zero-order valence-corrected chi connectivity index (χ0v) is 11.3. The van der Waals surface area contributed by atoms with Crippen LogP contribution in [0.25, 0.3) is 0 Å². The van der Waals surface area contributed by atoms with Crippen molar-refractivity contribution in [3.8, 4) is 0 Å². The maximum atomic E-state index is 6.38. The number of methoxy groups -OCH3 is 1. The van der Waals surface area contributed by atoms with Crippen LogP contribution in [0, 0.1) is 6.92 Å². The van der Waals surface area contributed by atoms with Gasteiger partial charge in [0.15, 0.2) is 0 Å². The van der Waals surface area contributed by atoms with E-state index in [-0.39, 0.29) is 11.6 Å². The lowest BCUT2D eigenvalue weighted by Crippen LogP contribution is -2.53. The molecule has 0 spiro atoms. The van der Waals surface area contributed by atoms with E-state index < -0.39 is 0 Å². The van der Waals surface area contributed by atoms with E-state index in [1.807, 2.05) is 0 Å². The van der Waals surface area contributed by atoms with Gasteiger partial charge in [-0.15, -0.1) is 0 Å². The van der Waals surface area contributed by atoms with Crippen LogP contribution in [0.15, 0.2) is 24.3 Å². The van der Waals surface area contributed by atoms with E-state index in [2.05, 4.69) is 31.2 Å². The van der Waals surface area contributed by atoms with Gasteiger partial charge in [0.2, 0.25) is 0 Å². The first kappa shape index (κ1) is 13.5. The van der Waals surface area contributed by atoms with Crippen LogP contribution in [0.4, 0.5) is 0 Å². The Morgan fingerprint density at radius 3 is 2.44 bits per heavy atom. The Balaban J connectivity index is 2.05. The lowest BCUT2D eigenvalue weighted by Gasteiger charge is -2.40. The molecule has 0 radical (unpaired) electrons. The predicted molar refractivity (Wildman–Crippen MR) is 72.7 cm³/mol. The van der Waals surface area contributed by atoms with Crippen LogP contribution in [0.5, 0.6) is 0 Å². The number of nitrogens with two attached hydrogens (primary N) is 1. The molecule has 3 nitrogen and oxygen atoms in total. The molecular formula is C15H23NO2. The molecule has 0 saturated carbocycles. The van der Waals surface area contributed by atoms with Crippen LogP contribution < -0.4 is 5.73 Å². The van der Waals surface area contributed by atoms with Crippen molar-refractivity contribution in [3.05, 3.63) is 35.4 Å². The highest BCUT2D eigenvalue weighted by molar-refractivity contribution is 5.22. The van der Waals surface area contributed by atoms with E-state index >= 15 is 0 Å². The third-order valence-electron chi connectivity index (χ3n) is 4.00. The van der Waals surface area contributed by atoms with Gasteiger partial charge in [0.05, 0.1) is 5.60 Å². The van der Waals surface area contributed by atoms with Gasteiger partial charge in [-0.2, -0.15) is 0 Å². The lowest BCUT2D eigenvalue weighted by atomic mass is 9.83. The van der Waals surface area contributed by atoms with Crippen LogP contribution in [-0.4, -0.2) is 32.0 Å². The predicted octanol–water partition coefficient (Wildman–Crippen LogP) is 2.06. The standard InChI is InChI=1S/C15H23NO2/c1-12-3-5-13(6-4-12)11-14(16)15(17-2)7-9-18-10-8-15/h3-6,14H,7-11,16H2,1-2H3. The third kappa shape index (κ3) is 2.91. The van der Waals surface area contributed by atoms with E-state index in [1.54, 1.807) is 7.11 Å². The number of aryl methyl sites for hydroxylation is 1. The Bertz CT molecular complexity index is 369. The zero-order valence-electron chi connectivity index (χ0n) is 11.3. The summed E-state index contributed by atoms with van der Waals surface area (Å²) in [5.41, 5.74) is 8.72. The fourth-order valence-corrected chi connectivity index (χ4v) is 2.61. The molecule has 0 aliphatic carbocycles. The van der Waals surface area contributed by atoms with Crippen molar-refractivity contribution in [1.82, 2.24) is 0 Å². The van der Waals surface area contributed by atoms with Gasteiger partial charge in [-0.05, 0) is 18.9 Å². The smallest absolute Gasteiger partial charge is 0.0875 e. The zero-order chi connectivity index (χ0) is 13.0. The Morgan fingerprint density at radius 1 is 1.28 bits per heavy atom. The van der Waals surface area contributed by atoms with Crippen LogP contribution >= 0.6 is 0 Å². The molecule has 0 aromatic heterocycles. The van der Waals surface area contributed by atoms with Crippen molar-refractivity contribution >= 4 is 0 Å². The summed E-state index contributed by atoms with van der Waals surface area (Å²) in [6.45, 7) is 3.59. The minimum atomic E-state index is -0.219. The van der Waals surface area contributed by atoms with Gasteiger partial charge in [-0.3, -0.25) is 0 Å². The average molecular weight is 249 g/mol. The molecule has 1 saturated heterocycles. The first-order valence-electron chi connectivity index (χ1n) is 6.60. The van der Waals surface area contributed by atoms with E-state index in [1.165, 1.54) is 11.1 Å². The minimum absolute atomic E-state index is 0.0223. The highest BCUT2D eigenvalue weighted by atomic mass is 16.5. The third-order valence-corrected chi connectivity index (χ3v) is 4.00. The summed E-state index contributed by atoms with van der Waals surface area (Å²) in [5, 5.41) is 0. The van der Waals surface area contributed by atoms with Crippen molar-refractivity contribution < 1.29 is 9.47 Å². The summed E-state index contributed by atoms with van der Waals surface area (Å²) >= 11 is 0. The first-order valence-corrected chi connectivity index (χ1v) is 6.60. The normalized spacial score (nSPS) is 20.6. The monoisotopic (exact) mass is 249 g/mol. The number of hydrogen-bond donors (Lipinski definition) is 1. The SMILES string of the molecule is COC1(C(N)Cc2ccc(C)cc2)CCOCC1. The fourth-order valence-electron chi connectivity index (χ4n) is 2.61. The van der Waals surface area contributed by atoms with Gasteiger partial charge in [0.25, 0.3) is 0 Å². The Morgan fingerprint density at radius 2 is 1.89 bits per heavy atom. The number of ether oxygens (including phenoxy) is 2. The quantitative estimate of drug-likeness (QED) is 0.888. The van der Waals surface area contributed by atoms with Gasteiger partial charge >= 0.3 is 0 Å². The summed E-state index contributed by atoms with van der Waals surface area (Å²) in [5.74, 6) is 0. The summed E-state index contributed by atoms with van der Waals surface area (Å²) in [6.07, 6.45) is 2.63. The summed E-state index contributed by atoms with van der Waals surface area (Å²) in [7, 11) is 1.76. The summed E-state index contributed by atoms with van der Waals surface area (Å²) < 4.78 is 11.1. The van der Waals surface area contributed by atoms with Gasteiger partial charge in [0, 0.05) is 39.2 Å². The average Bonchev–Trinajstić information content (AvgIpc) is 2.42. The number of rotatable bonds is 4. The van der Waals surface area contributed by atoms with E-state index in [0.29, 0.717) is 0 Å². The molecule has 0 amide bonds. The maximum Gasteiger partial charge on any atom is 0.0875 e. The molecule has 1 atom stereocenters. The Labute approximate surface area is 109 Å². The molecule has 0 bridgehead atoms. The molecule has 1 aliphatic heterocycles. The molecule has 1 aliphatic rings. The maximum absolute atomic E-state index is 6.38. The van der Waals surface area contributed by atoms with Crippen LogP contribution in [-0.2, 0) is 15.9 Å². The van der Waals surface area contributed by atoms with Crippen LogP contribution in [0.3, 0.4) is 0 Å². The molecule has 1 aromatic rings. The summed E-state index contributed by atoms with van der Waals surface area (Å²) in [6, 6.07) is 8.58. The van der Waals surface area contributed by atoms with Crippen molar-refractivity contribution in [2.75, 3.05) is 20.3 Å². The molecule has 1 aromatic carbocycles. The topological polar surface area (TPSA) is 44.5 Å². The van der Waals surface area contributed by atoms with Gasteiger partial charge in [-0.25, -0.2) is 0 Å². The molecule has 2 rings (SSSR count). The molecule has 100 valence electrons.